The molecule has 9 heavy (non-hydrogen) atoms. The van der Waals surface area contributed by atoms with E-state index in [1.807, 2.05) is 6.08 Å². The Hall–Kier alpha value is -0.210. The summed E-state index contributed by atoms with van der Waals surface area (Å²) in [5, 5.41) is 1.74. The van der Waals surface area contributed by atoms with Gasteiger partial charge in [-0.25, -0.2) is 0 Å². The van der Waals surface area contributed by atoms with Crippen molar-refractivity contribution in [2.75, 3.05) is 19.6 Å². The van der Waals surface area contributed by atoms with Gasteiger partial charge in [-0.05, 0) is 11.9 Å². The molecule has 0 N–H and O–H groups in total. The summed E-state index contributed by atoms with van der Waals surface area (Å²) < 4.78 is 0. The molecule has 0 aromatic carbocycles. The van der Waals surface area contributed by atoms with Crippen LogP contribution in [0.1, 0.15) is 6.92 Å². The van der Waals surface area contributed by atoms with Gasteiger partial charge in [-0.3, -0.25) is 4.90 Å². The molecular formula is C7H13NS. The van der Waals surface area contributed by atoms with E-state index in [1.54, 1.807) is 5.37 Å². The molecule has 0 saturated heterocycles. The molecule has 0 heterocycles. The molecular weight excluding hydrogens is 130 g/mol. The lowest BCUT2D eigenvalue weighted by Gasteiger charge is -2.14. The number of hydrogen-bond acceptors (Lipinski definition) is 2. The fraction of sp³-hybridized carbons (Fsp3) is 0.571. The molecule has 0 saturated carbocycles. The zero-order chi connectivity index (χ0) is 7.11. The lowest BCUT2D eigenvalue weighted by Crippen LogP contribution is -2.24. The van der Waals surface area contributed by atoms with Crippen LogP contribution in [-0.2, 0) is 0 Å². The molecule has 0 aromatic rings. The third-order valence-electron chi connectivity index (χ3n) is 1.17. The van der Waals surface area contributed by atoms with E-state index >= 15 is 0 Å². The summed E-state index contributed by atoms with van der Waals surface area (Å²) in [6.45, 7) is 8.62. The highest BCUT2D eigenvalue weighted by molar-refractivity contribution is 7.79. The third-order valence-corrected chi connectivity index (χ3v) is 1.32. The van der Waals surface area contributed by atoms with Crippen LogP contribution in [-0.4, -0.2) is 29.9 Å². The Labute approximate surface area is 62.4 Å². The molecule has 0 atom stereocenters. The summed E-state index contributed by atoms with van der Waals surface area (Å²) >= 11 is 4.71. The third kappa shape index (κ3) is 4.30. The molecule has 0 amide bonds. The summed E-state index contributed by atoms with van der Waals surface area (Å²) in [4.78, 5) is 2.21. The van der Waals surface area contributed by atoms with Gasteiger partial charge in [0.25, 0.3) is 0 Å². The zero-order valence-corrected chi connectivity index (χ0v) is 6.66. The van der Waals surface area contributed by atoms with Crippen molar-refractivity contribution in [1.82, 2.24) is 4.90 Å². The van der Waals surface area contributed by atoms with Crippen LogP contribution >= 0.6 is 12.2 Å². The summed E-state index contributed by atoms with van der Waals surface area (Å²) in [7, 11) is 0. The topological polar surface area (TPSA) is 3.24 Å². The van der Waals surface area contributed by atoms with Crippen molar-refractivity contribution in [3.05, 3.63) is 12.7 Å². The van der Waals surface area contributed by atoms with Crippen LogP contribution < -0.4 is 0 Å². The fourth-order valence-electron chi connectivity index (χ4n) is 0.621. The van der Waals surface area contributed by atoms with Gasteiger partial charge < -0.3 is 0 Å². The van der Waals surface area contributed by atoms with Gasteiger partial charge in [0.2, 0.25) is 0 Å². The highest BCUT2D eigenvalue weighted by Gasteiger charge is 1.93. The molecule has 0 unspecified atom stereocenters. The van der Waals surface area contributed by atoms with Gasteiger partial charge >= 0.3 is 0 Å². The molecule has 1 nitrogen and oxygen atoms in total. The molecule has 0 spiro atoms. The van der Waals surface area contributed by atoms with Gasteiger partial charge in [-0.2, -0.15) is 0 Å². The van der Waals surface area contributed by atoms with Crippen molar-refractivity contribution in [3.8, 4) is 0 Å². The highest BCUT2D eigenvalue weighted by Crippen LogP contribution is 1.84. The monoisotopic (exact) mass is 143 g/mol. The second kappa shape index (κ2) is 5.92. The van der Waals surface area contributed by atoms with Crippen LogP contribution in [0.2, 0.25) is 0 Å². The van der Waals surface area contributed by atoms with E-state index in [0.717, 1.165) is 19.6 Å². The van der Waals surface area contributed by atoms with Crippen molar-refractivity contribution in [1.29, 1.82) is 0 Å². The maximum Gasteiger partial charge on any atom is 0.0270 e. The molecule has 0 aliphatic rings. The molecule has 52 valence electrons. The van der Waals surface area contributed by atoms with Crippen LogP contribution in [0, 0.1) is 0 Å². The molecule has 2 heteroatoms. The first-order valence-corrected chi connectivity index (χ1v) is 3.59. The molecule has 0 radical (unpaired) electrons. The first-order valence-electron chi connectivity index (χ1n) is 3.12. The number of thiocarbonyl (C=S) groups is 1. The Bertz CT molecular complexity index is 80.9. The van der Waals surface area contributed by atoms with Crippen molar-refractivity contribution in [3.63, 3.8) is 0 Å². The van der Waals surface area contributed by atoms with E-state index in [-0.39, 0.29) is 0 Å². The van der Waals surface area contributed by atoms with E-state index in [2.05, 4.69) is 18.4 Å². The van der Waals surface area contributed by atoms with E-state index < -0.39 is 0 Å². The minimum absolute atomic E-state index is 0.887. The average Bonchev–Trinajstić information content (AvgIpc) is 1.88. The minimum atomic E-state index is 0.887. The summed E-state index contributed by atoms with van der Waals surface area (Å²) in [5.74, 6) is 0. The Morgan fingerprint density at radius 2 is 2.22 bits per heavy atom. The number of rotatable bonds is 5. The number of hydrogen-bond donors (Lipinski definition) is 0. The van der Waals surface area contributed by atoms with Gasteiger partial charge in [0.15, 0.2) is 0 Å². The highest BCUT2D eigenvalue weighted by atomic mass is 32.1. The van der Waals surface area contributed by atoms with Gasteiger partial charge in [0, 0.05) is 13.1 Å². The average molecular weight is 143 g/mol. The molecule has 0 rings (SSSR count). The van der Waals surface area contributed by atoms with Crippen LogP contribution in [0.5, 0.6) is 0 Å². The Morgan fingerprint density at radius 3 is 2.56 bits per heavy atom. The summed E-state index contributed by atoms with van der Waals surface area (Å²) in [5.41, 5.74) is 0. The Balaban J connectivity index is 3.39. The van der Waals surface area contributed by atoms with Gasteiger partial charge in [-0.1, -0.05) is 25.2 Å². The summed E-state index contributed by atoms with van der Waals surface area (Å²) in [6.07, 6.45) is 1.89. The van der Waals surface area contributed by atoms with Gasteiger partial charge in [0.1, 0.15) is 0 Å². The number of likely N-dealkylation sites (N-methyl/N-ethyl adjacent to an activating group) is 1. The lowest BCUT2D eigenvalue weighted by atomic mass is 10.5. The lowest BCUT2D eigenvalue weighted by molar-refractivity contribution is 0.369. The van der Waals surface area contributed by atoms with Crippen molar-refractivity contribution < 1.29 is 0 Å². The maximum atomic E-state index is 4.71. The van der Waals surface area contributed by atoms with E-state index in [1.165, 1.54) is 0 Å². The Morgan fingerprint density at radius 1 is 1.56 bits per heavy atom. The second-order valence-corrected chi connectivity index (χ2v) is 2.14. The van der Waals surface area contributed by atoms with Crippen LogP contribution in [0.25, 0.3) is 0 Å². The Kier molecular flexibility index (Phi) is 5.78. The summed E-state index contributed by atoms with van der Waals surface area (Å²) in [6, 6.07) is 0. The SMILES string of the molecule is C=CCN(CC)CC=S. The normalized spacial score (nSPS) is 9.56. The van der Waals surface area contributed by atoms with Crippen LogP contribution in [0.4, 0.5) is 0 Å². The predicted octanol–water partition coefficient (Wildman–Crippen LogP) is 1.49. The quantitative estimate of drug-likeness (QED) is 0.424. The smallest absolute Gasteiger partial charge is 0.0270 e. The van der Waals surface area contributed by atoms with Crippen molar-refractivity contribution in [2.24, 2.45) is 0 Å². The van der Waals surface area contributed by atoms with E-state index in [4.69, 9.17) is 12.2 Å². The first-order chi connectivity index (χ1) is 4.35. The van der Waals surface area contributed by atoms with Crippen molar-refractivity contribution in [2.45, 2.75) is 6.92 Å². The second-order valence-electron chi connectivity index (χ2n) is 1.81. The molecule has 0 bridgehead atoms. The van der Waals surface area contributed by atoms with Crippen molar-refractivity contribution >= 4 is 17.6 Å². The molecule has 0 aliphatic carbocycles. The maximum absolute atomic E-state index is 4.71. The number of nitrogens with zero attached hydrogens (tertiary/aromatic N) is 1. The first kappa shape index (κ1) is 8.79. The van der Waals surface area contributed by atoms with E-state index in [9.17, 15) is 0 Å². The largest absolute Gasteiger partial charge is 0.295 e. The van der Waals surface area contributed by atoms with E-state index in [0.29, 0.717) is 0 Å². The standard InChI is InChI=1S/C7H13NS/c1-3-5-8(4-2)6-7-9/h3,7H,1,4-6H2,2H3. The minimum Gasteiger partial charge on any atom is -0.295 e. The van der Waals surface area contributed by atoms with Gasteiger partial charge in [0.05, 0.1) is 0 Å². The fourth-order valence-corrected chi connectivity index (χ4v) is 0.832. The van der Waals surface area contributed by atoms with Crippen LogP contribution in [0.3, 0.4) is 0 Å². The van der Waals surface area contributed by atoms with Gasteiger partial charge in [-0.15, -0.1) is 6.58 Å². The molecule has 0 aromatic heterocycles. The molecule has 0 aliphatic heterocycles. The predicted molar refractivity (Wildman–Crippen MR) is 46.0 cm³/mol. The van der Waals surface area contributed by atoms with Crippen LogP contribution in [0.15, 0.2) is 12.7 Å². The molecule has 0 fully saturated rings. The zero-order valence-electron chi connectivity index (χ0n) is 5.84.